The van der Waals surface area contributed by atoms with Gasteiger partial charge in [-0.05, 0) is 39.8 Å². The van der Waals surface area contributed by atoms with Crippen LogP contribution in [0.15, 0.2) is 23.6 Å². The summed E-state index contributed by atoms with van der Waals surface area (Å²) in [6.07, 6.45) is -0.115. The van der Waals surface area contributed by atoms with E-state index in [0.29, 0.717) is 11.5 Å². The third kappa shape index (κ3) is 4.76. The van der Waals surface area contributed by atoms with Crippen LogP contribution in [0.4, 0.5) is 13.2 Å². The molecule has 3 rings (SSSR count). The molecule has 7 nitrogen and oxygen atoms in total. The fraction of sp³-hybridized carbons (Fsp3) is 0.471. The van der Waals surface area contributed by atoms with Gasteiger partial charge in [-0.3, -0.25) is 0 Å². The zero-order chi connectivity index (χ0) is 19.4. The molecule has 0 atom stereocenters. The number of nitrogens with one attached hydrogen (secondary N) is 1. The van der Waals surface area contributed by atoms with Gasteiger partial charge in [0, 0.05) is 29.9 Å². The Morgan fingerprint density at radius 2 is 1.96 bits per heavy atom. The van der Waals surface area contributed by atoms with Crippen molar-refractivity contribution in [1.82, 2.24) is 25.3 Å². The van der Waals surface area contributed by atoms with Crippen LogP contribution in [0.5, 0.6) is 5.88 Å². The number of nitrogens with zero attached hydrogens (tertiary/aromatic N) is 5. The summed E-state index contributed by atoms with van der Waals surface area (Å²) >= 11 is 0. The average Bonchev–Trinajstić information content (AvgIpc) is 2.66. The highest BCUT2D eigenvalue weighted by Gasteiger charge is 2.35. The molecule has 0 unspecified atom stereocenters. The van der Waals surface area contributed by atoms with Gasteiger partial charge in [0.05, 0.1) is 11.4 Å². The summed E-state index contributed by atoms with van der Waals surface area (Å²) in [7, 11) is 0. The zero-order valence-electron chi connectivity index (χ0n) is 14.9. The Kier molecular flexibility index (Phi) is 5.64. The second-order valence-corrected chi connectivity index (χ2v) is 6.22. The first-order valence-electron chi connectivity index (χ1n) is 8.51. The molecule has 10 heteroatoms. The molecule has 3 heterocycles. The monoisotopic (exact) mass is 380 g/mol. The van der Waals surface area contributed by atoms with Gasteiger partial charge in [0.1, 0.15) is 5.82 Å². The largest absolute Gasteiger partial charge is 0.451 e. The van der Waals surface area contributed by atoms with Gasteiger partial charge in [-0.25, -0.2) is 15.0 Å². The quantitative estimate of drug-likeness (QED) is 0.649. The highest BCUT2D eigenvalue weighted by atomic mass is 19.4. The molecule has 2 aromatic heterocycles. The van der Waals surface area contributed by atoms with Crippen LogP contribution in [0, 0.1) is 6.92 Å². The van der Waals surface area contributed by atoms with E-state index in [0.717, 1.165) is 43.4 Å². The molecule has 1 aliphatic heterocycles. The van der Waals surface area contributed by atoms with Gasteiger partial charge in [0.2, 0.25) is 5.82 Å². The van der Waals surface area contributed by atoms with Crippen molar-refractivity contribution in [2.24, 2.45) is 5.16 Å². The standard InChI is InChI=1S/C17H19F3N6O/c1-10(26-27-14-5-8-22-16(25-14)17(18,19)20)13-9-23-11(2)24-15(13)12-3-6-21-7-4-12/h5,8-9,12,21H,3-4,6-7H2,1-2H3. The van der Waals surface area contributed by atoms with Crippen molar-refractivity contribution < 1.29 is 18.0 Å². The van der Waals surface area contributed by atoms with E-state index in [4.69, 9.17) is 4.84 Å². The third-order valence-corrected chi connectivity index (χ3v) is 4.21. The predicted octanol–water partition coefficient (Wildman–Crippen LogP) is 2.86. The third-order valence-electron chi connectivity index (χ3n) is 4.21. The summed E-state index contributed by atoms with van der Waals surface area (Å²) < 4.78 is 38.1. The number of oxime groups is 1. The summed E-state index contributed by atoms with van der Waals surface area (Å²) in [5, 5.41) is 7.24. The lowest BCUT2D eigenvalue weighted by Gasteiger charge is -2.24. The van der Waals surface area contributed by atoms with Crippen molar-refractivity contribution in [1.29, 1.82) is 0 Å². The summed E-state index contributed by atoms with van der Waals surface area (Å²) in [6.45, 7) is 5.32. The Hall–Kier alpha value is -2.62. The van der Waals surface area contributed by atoms with Crippen LogP contribution >= 0.6 is 0 Å². The molecular weight excluding hydrogens is 361 g/mol. The highest BCUT2D eigenvalue weighted by molar-refractivity contribution is 5.99. The lowest BCUT2D eigenvalue weighted by Crippen LogP contribution is -2.28. The maximum atomic E-state index is 12.7. The van der Waals surface area contributed by atoms with Crippen molar-refractivity contribution in [2.45, 2.75) is 38.8 Å². The summed E-state index contributed by atoms with van der Waals surface area (Å²) in [5.41, 5.74) is 2.07. The number of halogens is 3. The minimum atomic E-state index is -4.65. The molecule has 1 aliphatic rings. The van der Waals surface area contributed by atoms with E-state index in [2.05, 4.69) is 30.4 Å². The number of rotatable bonds is 4. The molecule has 1 N–H and O–H groups in total. The SMILES string of the molecule is CC(=NOc1ccnc(C(F)(F)F)n1)c1cnc(C)nc1C1CCNCC1. The Bertz CT molecular complexity index is 834. The number of piperidine rings is 1. The maximum Gasteiger partial charge on any atom is 0.451 e. The van der Waals surface area contributed by atoms with Crippen LogP contribution < -0.4 is 10.2 Å². The first kappa shape index (κ1) is 19.2. The van der Waals surface area contributed by atoms with Crippen molar-refractivity contribution in [2.75, 3.05) is 13.1 Å². The van der Waals surface area contributed by atoms with Crippen LogP contribution in [-0.4, -0.2) is 38.7 Å². The molecule has 0 bridgehead atoms. The van der Waals surface area contributed by atoms with E-state index in [-0.39, 0.29) is 11.8 Å². The number of alkyl halides is 3. The number of hydrogen-bond acceptors (Lipinski definition) is 7. The molecule has 0 aromatic carbocycles. The average molecular weight is 380 g/mol. The Balaban J connectivity index is 1.84. The smallest absolute Gasteiger partial charge is 0.336 e. The van der Waals surface area contributed by atoms with E-state index in [1.165, 1.54) is 6.07 Å². The Morgan fingerprint density at radius 1 is 1.22 bits per heavy atom. The lowest BCUT2D eigenvalue weighted by atomic mass is 9.90. The zero-order valence-corrected chi connectivity index (χ0v) is 14.9. The van der Waals surface area contributed by atoms with Crippen molar-refractivity contribution in [3.05, 3.63) is 41.4 Å². The first-order valence-corrected chi connectivity index (χ1v) is 8.51. The van der Waals surface area contributed by atoms with Crippen LogP contribution in [0.3, 0.4) is 0 Å². The molecule has 1 saturated heterocycles. The van der Waals surface area contributed by atoms with Gasteiger partial charge < -0.3 is 10.2 Å². The maximum absolute atomic E-state index is 12.7. The van der Waals surface area contributed by atoms with Crippen LogP contribution in [-0.2, 0) is 6.18 Å². The van der Waals surface area contributed by atoms with Gasteiger partial charge in [-0.15, -0.1) is 0 Å². The number of hydrogen-bond donors (Lipinski definition) is 1. The minimum absolute atomic E-state index is 0.268. The summed E-state index contributed by atoms with van der Waals surface area (Å²) in [6, 6.07) is 1.21. The number of aromatic nitrogens is 4. The second-order valence-electron chi connectivity index (χ2n) is 6.22. The van der Waals surface area contributed by atoms with Gasteiger partial charge in [0.15, 0.2) is 0 Å². The van der Waals surface area contributed by atoms with E-state index in [1.54, 1.807) is 13.1 Å². The van der Waals surface area contributed by atoms with E-state index < -0.39 is 12.0 Å². The Morgan fingerprint density at radius 3 is 2.67 bits per heavy atom. The molecule has 2 aromatic rings. The van der Waals surface area contributed by atoms with Crippen molar-refractivity contribution in [3.63, 3.8) is 0 Å². The molecule has 27 heavy (non-hydrogen) atoms. The molecule has 0 spiro atoms. The van der Waals surface area contributed by atoms with E-state index in [9.17, 15) is 13.2 Å². The molecule has 0 saturated carbocycles. The summed E-state index contributed by atoms with van der Waals surface area (Å²) in [5.74, 6) is -0.634. The van der Waals surface area contributed by atoms with Crippen LogP contribution in [0.1, 0.15) is 48.6 Å². The fourth-order valence-corrected chi connectivity index (χ4v) is 2.87. The topological polar surface area (TPSA) is 85.2 Å². The second kappa shape index (κ2) is 7.95. The van der Waals surface area contributed by atoms with E-state index in [1.807, 2.05) is 6.92 Å². The van der Waals surface area contributed by atoms with Gasteiger partial charge in [-0.2, -0.15) is 18.2 Å². The molecule has 0 aliphatic carbocycles. The summed E-state index contributed by atoms with van der Waals surface area (Å²) in [4.78, 5) is 20.4. The molecule has 1 fully saturated rings. The van der Waals surface area contributed by atoms with Crippen LogP contribution in [0.2, 0.25) is 0 Å². The predicted molar refractivity (Wildman–Crippen MR) is 91.5 cm³/mol. The first-order chi connectivity index (χ1) is 12.8. The lowest BCUT2D eigenvalue weighted by molar-refractivity contribution is -0.145. The molecule has 144 valence electrons. The minimum Gasteiger partial charge on any atom is -0.336 e. The van der Waals surface area contributed by atoms with Crippen LogP contribution in [0.25, 0.3) is 0 Å². The van der Waals surface area contributed by atoms with Gasteiger partial charge in [0.25, 0.3) is 5.88 Å². The van der Waals surface area contributed by atoms with E-state index >= 15 is 0 Å². The van der Waals surface area contributed by atoms with Gasteiger partial charge >= 0.3 is 6.18 Å². The molecular formula is C17H19F3N6O. The van der Waals surface area contributed by atoms with Crippen molar-refractivity contribution in [3.8, 4) is 5.88 Å². The number of aryl methyl sites for hydroxylation is 1. The molecule has 0 amide bonds. The Labute approximate surface area is 154 Å². The molecule has 0 radical (unpaired) electrons. The van der Waals surface area contributed by atoms with Crippen molar-refractivity contribution >= 4 is 5.71 Å². The fourth-order valence-electron chi connectivity index (χ4n) is 2.87. The highest BCUT2D eigenvalue weighted by Crippen LogP contribution is 2.28. The van der Waals surface area contributed by atoms with Gasteiger partial charge in [-0.1, -0.05) is 5.16 Å². The normalized spacial score (nSPS) is 16.4.